The molecule has 0 saturated carbocycles. The van der Waals surface area contributed by atoms with E-state index in [0.717, 1.165) is 0 Å². The monoisotopic (exact) mass is 261 g/mol. The van der Waals surface area contributed by atoms with E-state index in [9.17, 15) is 4.79 Å². The normalized spacial score (nSPS) is 12.1. The third kappa shape index (κ3) is 10.0. The van der Waals surface area contributed by atoms with Crippen molar-refractivity contribution in [2.24, 2.45) is 5.92 Å². The summed E-state index contributed by atoms with van der Waals surface area (Å²) in [6.07, 6.45) is 0. The predicted octanol–water partition coefficient (Wildman–Crippen LogP) is 0.258. The van der Waals surface area contributed by atoms with E-state index in [2.05, 4.69) is 16.0 Å². The van der Waals surface area contributed by atoms with Crippen LogP contribution < -0.4 is 16.0 Å². The van der Waals surface area contributed by atoms with Gasteiger partial charge in [0.15, 0.2) is 5.11 Å². The molecule has 5 nitrogen and oxygen atoms in total. The molecule has 0 aliphatic rings. The lowest BCUT2D eigenvalue weighted by Gasteiger charge is -2.16. The van der Waals surface area contributed by atoms with Crippen LogP contribution in [0.15, 0.2) is 0 Å². The number of nitrogens with one attached hydrogen (secondary N) is 3. The van der Waals surface area contributed by atoms with Gasteiger partial charge >= 0.3 is 0 Å². The van der Waals surface area contributed by atoms with Gasteiger partial charge in [-0.2, -0.15) is 0 Å². The van der Waals surface area contributed by atoms with Gasteiger partial charge in [0.05, 0.1) is 13.2 Å². The van der Waals surface area contributed by atoms with Crippen LogP contribution in [-0.4, -0.2) is 43.9 Å². The Morgan fingerprint density at radius 1 is 1.29 bits per heavy atom. The quantitative estimate of drug-likeness (QED) is 0.574. The topological polar surface area (TPSA) is 62.4 Å². The second kappa shape index (κ2) is 9.18. The van der Waals surface area contributed by atoms with E-state index >= 15 is 0 Å². The van der Waals surface area contributed by atoms with Crippen LogP contribution in [0.25, 0.3) is 0 Å². The van der Waals surface area contributed by atoms with Gasteiger partial charge in [0.1, 0.15) is 0 Å². The third-order valence-corrected chi connectivity index (χ3v) is 2.17. The summed E-state index contributed by atoms with van der Waals surface area (Å²) in [5.74, 6) is 0.396. The molecule has 1 atom stereocenters. The molecule has 17 heavy (non-hydrogen) atoms. The van der Waals surface area contributed by atoms with Gasteiger partial charge in [0.2, 0.25) is 5.91 Å². The SMILES string of the molecule is COCC(C)NC(=S)NCC(=O)NCC(C)C. The largest absolute Gasteiger partial charge is 0.383 e. The van der Waals surface area contributed by atoms with Crippen molar-refractivity contribution < 1.29 is 9.53 Å². The Bertz CT molecular complexity index is 247. The molecule has 0 spiro atoms. The van der Waals surface area contributed by atoms with E-state index in [-0.39, 0.29) is 18.5 Å². The number of carbonyl (C=O) groups is 1. The van der Waals surface area contributed by atoms with Crippen LogP contribution in [0.5, 0.6) is 0 Å². The number of hydrogen-bond acceptors (Lipinski definition) is 3. The van der Waals surface area contributed by atoms with Crippen molar-refractivity contribution in [1.29, 1.82) is 0 Å². The molecule has 0 rings (SSSR count). The maximum absolute atomic E-state index is 11.4. The van der Waals surface area contributed by atoms with Gasteiger partial charge in [0.25, 0.3) is 0 Å². The van der Waals surface area contributed by atoms with E-state index in [1.807, 2.05) is 20.8 Å². The molecular formula is C11H23N3O2S. The van der Waals surface area contributed by atoms with Crippen molar-refractivity contribution in [3.63, 3.8) is 0 Å². The van der Waals surface area contributed by atoms with Crippen molar-refractivity contribution in [1.82, 2.24) is 16.0 Å². The molecule has 0 aromatic rings. The lowest BCUT2D eigenvalue weighted by Crippen LogP contribution is -2.46. The van der Waals surface area contributed by atoms with Gasteiger partial charge in [-0.1, -0.05) is 13.8 Å². The predicted molar refractivity (Wildman–Crippen MR) is 72.9 cm³/mol. The summed E-state index contributed by atoms with van der Waals surface area (Å²) in [5.41, 5.74) is 0. The Kier molecular flexibility index (Phi) is 8.71. The minimum atomic E-state index is -0.0535. The Labute approximate surface area is 109 Å². The lowest BCUT2D eigenvalue weighted by molar-refractivity contribution is -0.120. The fourth-order valence-electron chi connectivity index (χ4n) is 1.11. The lowest BCUT2D eigenvalue weighted by atomic mass is 10.2. The second-order valence-corrected chi connectivity index (χ2v) is 4.79. The molecule has 100 valence electrons. The molecule has 0 saturated heterocycles. The van der Waals surface area contributed by atoms with Crippen LogP contribution in [0.4, 0.5) is 0 Å². The minimum absolute atomic E-state index is 0.0535. The Morgan fingerprint density at radius 2 is 1.94 bits per heavy atom. The molecule has 0 radical (unpaired) electrons. The molecule has 0 fully saturated rings. The first-order chi connectivity index (χ1) is 7.95. The zero-order chi connectivity index (χ0) is 13.3. The van der Waals surface area contributed by atoms with Crippen LogP contribution in [-0.2, 0) is 9.53 Å². The number of amides is 1. The van der Waals surface area contributed by atoms with Crippen LogP contribution >= 0.6 is 12.2 Å². The van der Waals surface area contributed by atoms with Gasteiger partial charge in [-0.15, -0.1) is 0 Å². The van der Waals surface area contributed by atoms with Gasteiger partial charge in [0, 0.05) is 19.7 Å². The third-order valence-electron chi connectivity index (χ3n) is 1.91. The summed E-state index contributed by atoms with van der Waals surface area (Å²) in [5, 5.41) is 9.13. The maximum atomic E-state index is 11.4. The molecule has 0 bridgehead atoms. The van der Waals surface area contributed by atoms with Gasteiger partial charge in [-0.3, -0.25) is 4.79 Å². The van der Waals surface area contributed by atoms with Crippen molar-refractivity contribution in [2.45, 2.75) is 26.8 Å². The fraction of sp³-hybridized carbons (Fsp3) is 0.818. The highest BCUT2D eigenvalue weighted by atomic mass is 32.1. The van der Waals surface area contributed by atoms with E-state index in [4.69, 9.17) is 17.0 Å². The molecule has 0 aliphatic carbocycles. The molecule has 0 aromatic carbocycles. The summed E-state index contributed by atoms with van der Waals surface area (Å²) in [7, 11) is 1.63. The number of thiocarbonyl (C=S) groups is 1. The molecule has 0 aliphatic heterocycles. The summed E-state index contributed by atoms with van der Waals surface area (Å²) in [6.45, 7) is 7.50. The highest BCUT2D eigenvalue weighted by Crippen LogP contribution is 1.86. The zero-order valence-electron chi connectivity index (χ0n) is 11.0. The Morgan fingerprint density at radius 3 is 2.47 bits per heavy atom. The maximum Gasteiger partial charge on any atom is 0.239 e. The van der Waals surface area contributed by atoms with Crippen molar-refractivity contribution >= 4 is 23.2 Å². The van der Waals surface area contributed by atoms with Crippen molar-refractivity contribution in [3.05, 3.63) is 0 Å². The minimum Gasteiger partial charge on any atom is -0.383 e. The van der Waals surface area contributed by atoms with E-state index < -0.39 is 0 Å². The number of carbonyl (C=O) groups excluding carboxylic acids is 1. The number of rotatable bonds is 7. The summed E-state index contributed by atoms with van der Waals surface area (Å²) in [6, 6.07) is 0.124. The average Bonchev–Trinajstić information content (AvgIpc) is 2.23. The molecule has 3 N–H and O–H groups in total. The van der Waals surface area contributed by atoms with Crippen LogP contribution in [0, 0.1) is 5.92 Å². The molecule has 0 aromatic heterocycles. The number of ether oxygens (including phenoxy) is 1. The standard InChI is InChI=1S/C11H23N3O2S/c1-8(2)5-12-10(15)6-13-11(17)14-9(3)7-16-4/h8-9H,5-7H2,1-4H3,(H,12,15)(H2,13,14,17). The highest BCUT2D eigenvalue weighted by molar-refractivity contribution is 7.80. The first-order valence-electron chi connectivity index (χ1n) is 5.75. The summed E-state index contributed by atoms with van der Waals surface area (Å²) < 4.78 is 4.97. The van der Waals surface area contributed by atoms with Crippen molar-refractivity contribution in [2.75, 3.05) is 26.8 Å². The van der Waals surface area contributed by atoms with Gasteiger partial charge < -0.3 is 20.7 Å². The van der Waals surface area contributed by atoms with Crippen LogP contribution in [0.1, 0.15) is 20.8 Å². The molecular weight excluding hydrogens is 238 g/mol. The van der Waals surface area contributed by atoms with Crippen LogP contribution in [0.3, 0.4) is 0 Å². The summed E-state index contributed by atoms with van der Waals surface area (Å²) >= 11 is 5.04. The summed E-state index contributed by atoms with van der Waals surface area (Å²) in [4.78, 5) is 11.4. The number of hydrogen-bond donors (Lipinski definition) is 3. The molecule has 0 heterocycles. The van der Waals surface area contributed by atoms with E-state index in [1.54, 1.807) is 7.11 Å². The smallest absolute Gasteiger partial charge is 0.239 e. The van der Waals surface area contributed by atoms with Gasteiger partial charge in [-0.25, -0.2) is 0 Å². The Balaban J connectivity index is 3.65. The van der Waals surface area contributed by atoms with E-state index in [0.29, 0.717) is 24.2 Å². The van der Waals surface area contributed by atoms with E-state index in [1.165, 1.54) is 0 Å². The van der Waals surface area contributed by atoms with Crippen molar-refractivity contribution in [3.8, 4) is 0 Å². The van der Waals surface area contributed by atoms with Gasteiger partial charge in [-0.05, 0) is 25.1 Å². The van der Waals surface area contributed by atoms with Crippen LogP contribution in [0.2, 0.25) is 0 Å². The highest BCUT2D eigenvalue weighted by Gasteiger charge is 2.05. The first kappa shape index (κ1) is 16.1. The first-order valence-corrected chi connectivity index (χ1v) is 6.16. The Hall–Kier alpha value is -0.880. The molecule has 6 heteroatoms. The fourth-order valence-corrected chi connectivity index (χ4v) is 1.38. The molecule has 1 amide bonds. The second-order valence-electron chi connectivity index (χ2n) is 4.38. The average molecular weight is 261 g/mol. The molecule has 1 unspecified atom stereocenters. The zero-order valence-corrected chi connectivity index (χ0v) is 11.8. The number of methoxy groups -OCH3 is 1.